The number of H-pyrrole nitrogens is 1. The van der Waals surface area contributed by atoms with Crippen LogP contribution in [0.5, 0.6) is 0 Å². The van der Waals surface area contributed by atoms with Gasteiger partial charge in [-0.1, -0.05) is 15.9 Å². The zero-order chi connectivity index (χ0) is 13.0. The van der Waals surface area contributed by atoms with E-state index in [1.165, 1.54) is 0 Å². The Morgan fingerprint density at radius 1 is 1.61 bits per heavy atom. The molecule has 0 fully saturated rings. The second kappa shape index (κ2) is 5.23. The van der Waals surface area contributed by atoms with E-state index >= 15 is 0 Å². The standard InChI is InChI=1S/C10H10N4O4/c15-6-8-9(14(17)18-13-8)10(16)12-5-7-2-1-3-11-4-7/h1-4,15H,5-6H2,(H-,12,13,16,17)/p+1. The maximum Gasteiger partial charge on any atom is 0.334 e. The fourth-order valence-corrected chi connectivity index (χ4v) is 1.40. The Labute approximate surface area is 101 Å². The van der Waals surface area contributed by atoms with Crippen LogP contribution in [0, 0.1) is 4.91 Å². The van der Waals surface area contributed by atoms with Crippen molar-refractivity contribution in [2.24, 2.45) is 0 Å². The number of hydrogen-bond donors (Lipinski definition) is 3. The minimum absolute atomic E-state index is 0.0180. The number of hydrogen-bond acceptors (Lipinski definition) is 5. The molecule has 0 atom stereocenters. The van der Waals surface area contributed by atoms with Gasteiger partial charge in [0.1, 0.15) is 6.61 Å². The largest absolute Gasteiger partial charge is 0.388 e. The van der Waals surface area contributed by atoms with Crippen LogP contribution in [-0.2, 0) is 13.2 Å². The molecule has 0 unspecified atom stereocenters. The summed E-state index contributed by atoms with van der Waals surface area (Å²) in [5.41, 5.74) is 0.524. The first-order valence-electron chi connectivity index (χ1n) is 5.13. The van der Waals surface area contributed by atoms with Crippen molar-refractivity contribution in [1.29, 1.82) is 0 Å². The zero-order valence-corrected chi connectivity index (χ0v) is 9.29. The van der Waals surface area contributed by atoms with Crippen molar-refractivity contribution in [3.63, 3.8) is 0 Å². The Kier molecular flexibility index (Phi) is 3.49. The van der Waals surface area contributed by atoms with Gasteiger partial charge in [-0.25, -0.2) is 0 Å². The SMILES string of the molecule is O=C(NCc1cccnc1)c1c(CO)[nH]o[n+]1=O. The van der Waals surface area contributed by atoms with Crippen molar-refractivity contribution in [2.45, 2.75) is 13.2 Å². The highest BCUT2D eigenvalue weighted by atomic mass is 16.7. The Hall–Kier alpha value is -2.48. The van der Waals surface area contributed by atoms with E-state index in [1.54, 1.807) is 24.5 Å². The first-order valence-corrected chi connectivity index (χ1v) is 5.13. The number of carbonyl (C=O) groups excluding carboxylic acids is 1. The fraction of sp³-hybridized carbons (Fsp3) is 0.200. The van der Waals surface area contributed by atoms with Crippen molar-refractivity contribution < 1.29 is 19.1 Å². The third-order valence-electron chi connectivity index (χ3n) is 2.27. The van der Waals surface area contributed by atoms with Crippen molar-refractivity contribution in [2.75, 3.05) is 0 Å². The molecule has 3 N–H and O–H groups in total. The van der Waals surface area contributed by atoms with Crippen LogP contribution in [0.3, 0.4) is 0 Å². The normalized spacial score (nSPS) is 10.3. The summed E-state index contributed by atoms with van der Waals surface area (Å²) in [6.45, 7) is -0.267. The minimum atomic E-state index is -0.636. The second-order valence-corrected chi connectivity index (χ2v) is 3.48. The smallest absolute Gasteiger partial charge is 0.334 e. The summed E-state index contributed by atoms with van der Waals surface area (Å²) >= 11 is 0. The predicted octanol–water partition coefficient (Wildman–Crippen LogP) is -0.660. The number of aromatic amines is 1. The number of aromatic nitrogens is 3. The van der Waals surface area contributed by atoms with Crippen LogP contribution in [0.25, 0.3) is 0 Å². The van der Waals surface area contributed by atoms with Gasteiger partial charge in [0, 0.05) is 18.9 Å². The lowest BCUT2D eigenvalue weighted by molar-refractivity contribution is -0.714. The molecule has 94 valence electrons. The maximum absolute atomic E-state index is 11.7. The van der Waals surface area contributed by atoms with E-state index in [2.05, 4.69) is 20.1 Å². The summed E-state index contributed by atoms with van der Waals surface area (Å²) in [4.78, 5) is 26.8. The van der Waals surface area contributed by atoms with Gasteiger partial charge in [0.05, 0.1) is 0 Å². The number of aliphatic hydroxyl groups is 1. The van der Waals surface area contributed by atoms with Crippen LogP contribution in [-0.4, -0.2) is 21.2 Å². The van der Waals surface area contributed by atoms with E-state index < -0.39 is 12.5 Å². The Morgan fingerprint density at radius 2 is 2.44 bits per heavy atom. The molecule has 8 nitrogen and oxygen atoms in total. The average molecular weight is 251 g/mol. The van der Waals surface area contributed by atoms with E-state index in [4.69, 9.17) is 5.11 Å². The van der Waals surface area contributed by atoms with Crippen LogP contribution in [0.2, 0.25) is 0 Å². The van der Waals surface area contributed by atoms with Crippen molar-refractivity contribution in [3.8, 4) is 0 Å². The summed E-state index contributed by atoms with van der Waals surface area (Å²) in [6, 6.07) is 3.52. The number of rotatable bonds is 4. The molecule has 0 spiro atoms. The van der Waals surface area contributed by atoms with Crippen molar-refractivity contribution in [1.82, 2.24) is 15.5 Å². The second-order valence-electron chi connectivity index (χ2n) is 3.48. The van der Waals surface area contributed by atoms with Gasteiger partial charge in [-0.05, 0) is 16.5 Å². The number of carbonyl (C=O) groups is 1. The lowest BCUT2D eigenvalue weighted by Gasteiger charge is -2.00. The summed E-state index contributed by atoms with van der Waals surface area (Å²) in [5.74, 6) is -0.636. The molecule has 0 saturated heterocycles. The number of amides is 1. The first-order chi connectivity index (χ1) is 8.72. The maximum atomic E-state index is 11.7. The fourth-order valence-electron chi connectivity index (χ4n) is 1.40. The highest BCUT2D eigenvalue weighted by molar-refractivity contribution is 5.91. The van der Waals surface area contributed by atoms with Gasteiger partial charge in [-0.15, -0.1) is 0 Å². The highest BCUT2D eigenvalue weighted by Crippen LogP contribution is 2.00. The van der Waals surface area contributed by atoms with E-state index in [0.717, 1.165) is 5.56 Å². The average Bonchev–Trinajstić information content (AvgIpc) is 2.78. The summed E-state index contributed by atoms with van der Waals surface area (Å²) in [6.07, 6.45) is 3.21. The molecule has 0 aliphatic heterocycles. The lowest BCUT2D eigenvalue weighted by atomic mass is 10.2. The molecule has 2 heterocycles. The van der Waals surface area contributed by atoms with Crippen molar-refractivity contribution in [3.05, 3.63) is 46.4 Å². The molecular formula is C10H11N4O4+. The van der Waals surface area contributed by atoms with Crippen LogP contribution in [0.15, 0.2) is 29.2 Å². The van der Waals surface area contributed by atoms with Gasteiger partial charge in [-0.3, -0.25) is 9.78 Å². The van der Waals surface area contributed by atoms with E-state index in [0.29, 0.717) is 0 Å². The molecule has 1 amide bonds. The predicted molar refractivity (Wildman–Crippen MR) is 57.8 cm³/mol. The Balaban J connectivity index is 2.08. The molecule has 0 aliphatic rings. The van der Waals surface area contributed by atoms with Gasteiger partial charge in [0.2, 0.25) is 5.69 Å². The molecule has 0 aliphatic carbocycles. The monoisotopic (exact) mass is 251 g/mol. The number of nitrogens with one attached hydrogen (secondary N) is 2. The molecule has 2 aromatic heterocycles. The number of pyridine rings is 1. The summed E-state index contributed by atoms with van der Waals surface area (Å²) < 4.78 is 4.38. The first kappa shape index (κ1) is 12.0. The zero-order valence-electron chi connectivity index (χ0n) is 9.29. The Bertz CT molecular complexity index is 589. The molecule has 0 saturated carbocycles. The van der Waals surface area contributed by atoms with Gasteiger partial charge >= 0.3 is 11.6 Å². The van der Waals surface area contributed by atoms with Gasteiger partial charge in [-0.2, -0.15) is 0 Å². The van der Waals surface area contributed by atoms with Gasteiger partial charge in [0.25, 0.3) is 0 Å². The topological polar surface area (TPSA) is 114 Å². The molecule has 2 rings (SSSR count). The van der Waals surface area contributed by atoms with Gasteiger partial charge < -0.3 is 10.4 Å². The van der Waals surface area contributed by atoms with E-state index in [-0.39, 0.29) is 22.5 Å². The van der Waals surface area contributed by atoms with Gasteiger partial charge in [0.15, 0.2) is 4.60 Å². The van der Waals surface area contributed by atoms with Crippen LogP contribution in [0.4, 0.5) is 0 Å². The quantitative estimate of drug-likeness (QED) is 0.667. The molecule has 0 radical (unpaired) electrons. The van der Waals surface area contributed by atoms with E-state index in [1.807, 2.05) is 0 Å². The third kappa shape index (κ3) is 2.43. The molecule has 0 bridgehead atoms. The van der Waals surface area contributed by atoms with Crippen molar-refractivity contribution >= 4 is 5.91 Å². The lowest BCUT2D eigenvalue weighted by Crippen LogP contribution is -2.32. The molecular weight excluding hydrogens is 240 g/mol. The Morgan fingerprint density at radius 3 is 3.11 bits per heavy atom. The number of aliphatic hydroxyl groups excluding tert-OH is 1. The highest BCUT2D eigenvalue weighted by Gasteiger charge is 2.26. The summed E-state index contributed by atoms with van der Waals surface area (Å²) in [5, 5.41) is 13.6. The van der Waals surface area contributed by atoms with E-state index in [9.17, 15) is 9.70 Å². The van der Waals surface area contributed by atoms with Crippen LogP contribution >= 0.6 is 0 Å². The van der Waals surface area contributed by atoms with Crippen LogP contribution in [0.1, 0.15) is 21.7 Å². The number of nitrogens with zero attached hydrogens (tertiary/aromatic N) is 2. The van der Waals surface area contributed by atoms with Crippen LogP contribution < -0.4 is 9.92 Å². The molecule has 8 heteroatoms. The minimum Gasteiger partial charge on any atom is -0.388 e. The molecule has 0 aromatic carbocycles. The summed E-state index contributed by atoms with van der Waals surface area (Å²) in [7, 11) is 0. The molecule has 2 aromatic rings. The third-order valence-corrected chi connectivity index (χ3v) is 2.27. The molecule has 18 heavy (non-hydrogen) atoms.